The lowest BCUT2D eigenvalue weighted by molar-refractivity contribution is 0.0646. The Morgan fingerprint density at radius 3 is 2.26 bits per heavy atom. The summed E-state index contributed by atoms with van der Waals surface area (Å²) in [4.78, 5) is 25.6. The normalized spacial score (nSPS) is 10.1. The lowest BCUT2D eigenvalue weighted by Crippen LogP contribution is -2.11. The van der Waals surface area contributed by atoms with Crippen molar-refractivity contribution in [3.8, 4) is 0 Å². The smallest absolute Gasteiger partial charge is 0.355 e. The van der Waals surface area contributed by atoms with Crippen molar-refractivity contribution >= 4 is 11.9 Å². The van der Waals surface area contributed by atoms with Crippen LogP contribution in [0.5, 0.6) is 0 Å². The Morgan fingerprint density at radius 2 is 1.68 bits per heavy atom. The number of carbonyl (C=O) groups is 2. The first kappa shape index (κ1) is 12.8. The van der Waals surface area contributed by atoms with Gasteiger partial charge in [-0.15, -0.1) is 0 Å². The molecule has 0 bridgehead atoms. The van der Waals surface area contributed by atoms with E-state index in [0.717, 1.165) is 5.56 Å². The second kappa shape index (κ2) is 5.30. The molecule has 1 aromatic heterocycles. The molecular formula is C14H11NO4. The van der Waals surface area contributed by atoms with Crippen LogP contribution in [0.1, 0.15) is 32.0 Å². The van der Waals surface area contributed by atoms with Crippen molar-refractivity contribution < 1.29 is 19.8 Å². The highest BCUT2D eigenvalue weighted by atomic mass is 16.4. The van der Waals surface area contributed by atoms with E-state index in [4.69, 9.17) is 10.2 Å². The summed E-state index contributed by atoms with van der Waals surface area (Å²) in [6.07, 6.45) is 1.90. The Balaban J connectivity index is 2.36. The molecule has 1 aromatic carbocycles. The number of carboxylic acid groups (broad SMARTS) is 2. The van der Waals surface area contributed by atoms with Gasteiger partial charge >= 0.3 is 11.9 Å². The number of benzene rings is 1. The number of aromatic carboxylic acids is 2. The van der Waals surface area contributed by atoms with E-state index >= 15 is 0 Å². The van der Waals surface area contributed by atoms with Gasteiger partial charge in [0, 0.05) is 6.20 Å². The van der Waals surface area contributed by atoms with Crippen LogP contribution in [0.2, 0.25) is 0 Å². The summed E-state index contributed by atoms with van der Waals surface area (Å²) in [6.45, 7) is 0. The number of nitrogens with zero attached hydrogens (tertiary/aromatic N) is 1. The van der Waals surface area contributed by atoms with E-state index in [2.05, 4.69) is 4.98 Å². The standard InChI is InChI=1S/C14H11NO4/c16-13(17)11-7-10(8-15-12(11)14(18)19)6-9-4-2-1-3-5-9/h1-5,7-8H,6H2,(H,16,17)(H,18,19). The van der Waals surface area contributed by atoms with Gasteiger partial charge in [0.2, 0.25) is 0 Å². The third-order valence-corrected chi connectivity index (χ3v) is 2.63. The molecule has 0 fully saturated rings. The molecule has 0 unspecified atom stereocenters. The number of rotatable bonds is 4. The summed E-state index contributed by atoms with van der Waals surface area (Å²) in [6, 6.07) is 10.8. The van der Waals surface area contributed by atoms with Gasteiger partial charge in [-0.25, -0.2) is 14.6 Å². The first-order chi connectivity index (χ1) is 9.08. The summed E-state index contributed by atoms with van der Waals surface area (Å²) < 4.78 is 0. The molecule has 5 heteroatoms. The van der Waals surface area contributed by atoms with Gasteiger partial charge in [-0.2, -0.15) is 0 Å². The van der Waals surface area contributed by atoms with Gasteiger partial charge in [-0.05, 0) is 23.6 Å². The number of aromatic nitrogens is 1. The van der Waals surface area contributed by atoms with Crippen LogP contribution in [0.15, 0.2) is 42.6 Å². The zero-order valence-electron chi connectivity index (χ0n) is 9.91. The number of carboxylic acids is 2. The van der Waals surface area contributed by atoms with E-state index in [9.17, 15) is 9.59 Å². The van der Waals surface area contributed by atoms with Crippen LogP contribution in [0, 0.1) is 0 Å². The number of hydrogen-bond acceptors (Lipinski definition) is 3. The zero-order chi connectivity index (χ0) is 13.8. The fourth-order valence-electron chi connectivity index (χ4n) is 1.77. The molecule has 0 aliphatic carbocycles. The van der Waals surface area contributed by atoms with Crippen LogP contribution in [-0.2, 0) is 6.42 Å². The average molecular weight is 257 g/mol. The van der Waals surface area contributed by atoms with E-state index in [0.29, 0.717) is 12.0 Å². The molecular weight excluding hydrogens is 246 g/mol. The molecule has 0 aliphatic heterocycles. The summed E-state index contributed by atoms with van der Waals surface area (Å²) in [7, 11) is 0. The van der Waals surface area contributed by atoms with E-state index in [1.54, 1.807) is 0 Å². The zero-order valence-corrected chi connectivity index (χ0v) is 9.91. The SMILES string of the molecule is O=C(O)c1cc(Cc2ccccc2)cnc1C(=O)O. The van der Waals surface area contributed by atoms with Crippen molar-refractivity contribution in [1.29, 1.82) is 0 Å². The second-order valence-electron chi connectivity index (χ2n) is 4.01. The van der Waals surface area contributed by atoms with Crippen LogP contribution in [0.25, 0.3) is 0 Å². The van der Waals surface area contributed by atoms with Gasteiger partial charge in [0.1, 0.15) is 0 Å². The van der Waals surface area contributed by atoms with E-state index < -0.39 is 17.6 Å². The van der Waals surface area contributed by atoms with Crippen molar-refractivity contribution in [3.05, 3.63) is 65.0 Å². The van der Waals surface area contributed by atoms with Gasteiger partial charge in [0.25, 0.3) is 0 Å². The third kappa shape index (κ3) is 2.95. The highest BCUT2D eigenvalue weighted by molar-refractivity contribution is 6.00. The molecule has 0 atom stereocenters. The lowest BCUT2D eigenvalue weighted by Gasteiger charge is -2.05. The minimum Gasteiger partial charge on any atom is -0.478 e. The molecule has 0 aliphatic rings. The van der Waals surface area contributed by atoms with Crippen LogP contribution >= 0.6 is 0 Å². The van der Waals surface area contributed by atoms with Gasteiger partial charge in [-0.3, -0.25) is 0 Å². The molecule has 96 valence electrons. The Morgan fingerprint density at radius 1 is 1.00 bits per heavy atom. The maximum Gasteiger partial charge on any atom is 0.355 e. The third-order valence-electron chi connectivity index (χ3n) is 2.63. The summed E-state index contributed by atoms with van der Waals surface area (Å²) in [5.74, 6) is -2.64. The predicted octanol–water partition coefficient (Wildman–Crippen LogP) is 2.07. The molecule has 2 N–H and O–H groups in total. The van der Waals surface area contributed by atoms with Crippen LogP contribution in [0.3, 0.4) is 0 Å². The van der Waals surface area contributed by atoms with E-state index in [1.165, 1.54) is 12.3 Å². The first-order valence-corrected chi connectivity index (χ1v) is 5.57. The molecule has 0 amide bonds. The summed E-state index contributed by atoms with van der Waals surface area (Å²) in [5.41, 5.74) is 0.933. The van der Waals surface area contributed by atoms with Crippen molar-refractivity contribution in [3.63, 3.8) is 0 Å². The molecule has 19 heavy (non-hydrogen) atoms. The van der Waals surface area contributed by atoms with Crippen molar-refractivity contribution in [2.45, 2.75) is 6.42 Å². The van der Waals surface area contributed by atoms with Gasteiger partial charge in [0.15, 0.2) is 5.69 Å². The minimum atomic E-state index is -1.34. The largest absolute Gasteiger partial charge is 0.478 e. The van der Waals surface area contributed by atoms with Crippen molar-refractivity contribution in [2.24, 2.45) is 0 Å². The average Bonchev–Trinajstić information content (AvgIpc) is 2.39. The quantitative estimate of drug-likeness (QED) is 0.875. The Kier molecular flexibility index (Phi) is 3.56. The monoisotopic (exact) mass is 257 g/mol. The molecule has 1 heterocycles. The molecule has 0 radical (unpaired) electrons. The van der Waals surface area contributed by atoms with Gasteiger partial charge in [0.05, 0.1) is 5.56 Å². The van der Waals surface area contributed by atoms with Gasteiger partial charge < -0.3 is 10.2 Å². The highest BCUT2D eigenvalue weighted by Gasteiger charge is 2.18. The van der Waals surface area contributed by atoms with E-state index in [-0.39, 0.29) is 5.56 Å². The topological polar surface area (TPSA) is 87.5 Å². The molecule has 0 saturated carbocycles. The van der Waals surface area contributed by atoms with Crippen molar-refractivity contribution in [1.82, 2.24) is 4.98 Å². The molecule has 2 rings (SSSR count). The second-order valence-corrected chi connectivity index (χ2v) is 4.01. The molecule has 5 nitrogen and oxygen atoms in total. The number of hydrogen-bond donors (Lipinski definition) is 2. The Bertz CT molecular complexity index is 623. The molecule has 0 spiro atoms. The highest BCUT2D eigenvalue weighted by Crippen LogP contribution is 2.13. The van der Waals surface area contributed by atoms with Crippen molar-refractivity contribution in [2.75, 3.05) is 0 Å². The van der Waals surface area contributed by atoms with Crippen LogP contribution in [0.4, 0.5) is 0 Å². The van der Waals surface area contributed by atoms with E-state index in [1.807, 2.05) is 30.3 Å². The summed E-state index contributed by atoms with van der Waals surface area (Å²) >= 11 is 0. The van der Waals surface area contributed by atoms with Crippen LogP contribution in [-0.4, -0.2) is 27.1 Å². The van der Waals surface area contributed by atoms with Gasteiger partial charge in [-0.1, -0.05) is 30.3 Å². The molecule has 0 saturated heterocycles. The number of pyridine rings is 1. The minimum absolute atomic E-state index is 0.291. The lowest BCUT2D eigenvalue weighted by atomic mass is 10.0. The van der Waals surface area contributed by atoms with Crippen LogP contribution < -0.4 is 0 Å². The maximum absolute atomic E-state index is 11.0. The predicted molar refractivity (Wildman–Crippen MR) is 67.4 cm³/mol. The first-order valence-electron chi connectivity index (χ1n) is 5.57. The molecule has 2 aromatic rings. The fraction of sp³-hybridized carbons (Fsp3) is 0.0714. The Labute approximate surface area is 109 Å². The summed E-state index contributed by atoms with van der Waals surface area (Å²) in [5, 5.41) is 17.9. The Hall–Kier alpha value is -2.69. The fourth-order valence-corrected chi connectivity index (χ4v) is 1.77. The maximum atomic E-state index is 11.0.